The van der Waals surface area contributed by atoms with E-state index in [4.69, 9.17) is 0 Å². The first-order valence-corrected chi connectivity index (χ1v) is 12.9. The van der Waals surface area contributed by atoms with Crippen molar-refractivity contribution in [1.29, 1.82) is 0 Å². The van der Waals surface area contributed by atoms with Gasteiger partial charge in [-0.2, -0.15) is 0 Å². The van der Waals surface area contributed by atoms with Crippen LogP contribution in [0.5, 0.6) is 0 Å². The lowest BCUT2D eigenvalue weighted by Crippen LogP contribution is -2.55. The van der Waals surface area contributed by atoms with Crippen molar-refractivity contribution in [3.63, 3.8) is 0 Å². The van der Waals surface area contributed by atoms with Crippen LogP contribution in [-0.2, 0) is 4.79 Å². The smallest absolute Gasteiger partial charge is 0.240 e. The van der Waals surface area contributed by atoms with E-state index >= 15 is 0 Å². The minimum Gasteiger partial charge on any atom is -0.339 e. The van der Waals surface area contributed by atoms with Gasteiger partial charge in [0.25, 0.3) is 0 Å². The van der Waals surface area contributed by atoms with Crippen molar-refractivity contribution in [2.45, 2.75) is 52.6 Å². The van der Waals surface area contributed by atoms with Crippen molar-refractivity contribution >= 4 is 5.91 Å². The molecule has 0 aliphatic carbocycles. The molecule has 1 heterocycles. The zero-order valence-corrected chi connectivity index (χ0v) is 21.9. The van der Waals surface area contributed by atoms with Crippen molar-refractivity contribution in [3.8, 4) is 0 Å². The van der Waals surface area contributed by atoms with Crippen LogP contribution in [0.25, 0.3) is 0 Å². The monoisotopic (exact) mass is 485 g/mol. The van der Waals surface area contributed by atoms with Crippen LogP contribution in [-0.4, -0.2) is 66.4 Å². The fraction of sp³-hybridized carbons (Fsp3) is 0.552. The summed E-state index contributed by atoms with van der Waals surface area (Å²) in [4.78, 5) is 20.1. The van der Waals surface area contributed by atoms with Gasteiger partial charge < -0.3 is 4.90 Å². The molecule has 4 nitrogen and oxygen atoms in total. The first-order chi connectivity index (χ1) is 16.7. The van der Waals surface area contributed by atoms with Crippen LogP contribution in [0.1, 0.15) is 57.7 Å². The number of likely N-dealkylation sites (N-methyl/N-ethyl adjacent to an activating group) is 1. The summed E-state index contributed by atoms with van der Waals surface area (Å²) in [5, 5.41) is 0. The van der Waals surface area contributed by atoms with E-state index in [2.05, 4.69) is 44.5 Å². The Morgan fingerprint density at radius 2 is 1.31 bits per heavy atom. The number of hydrogen-bond acceptors (Lipinski definition) is 3. The summed E-state index contributed by atoms with van der Waals surface area (Å²) in [6.45, 7) is 12.4. The number of carbonyl (C=O) groups excluding carboxylic acids is 1. The van der Waals surface area contributed by atoms with Crippen LogP contribution in [0.4, 0.5) is 8.78 Å². The van der Waals surface area contributed by atoms with E-state index < -0.39 is 0 Å². The molecule has 0 spiro atoms. The van der Waals surface area contributed by atoms with E-state index in [0.717, 1.165) is 30.5 Å². The third-order valence-corrected chi connectivity index (χ3v) is 6.93. The predicted molar refractivity (Wildman–Crippen MR) is 138 cm³/mol. The molecule has 2 aromatic rings. The number of hydrogen-bond donors (Lipinski definition) is 0. The summed E-state index contributed by atoms with van der Waals surface area (Å²) < 4.78 is 27.2. The number of amides is 1. The molecule has 6 heteroatoms. The molecular weight excluding hydrogens is 444 g/mol. The maximum atomic E-state index is 13.6. The highest BCUT2D eigenvalue weighted by Gasteiger charge is 2.33. The van der Waals surface area contributed by atoms with Crippen LogP contribution in [0, 0.1) is 23.5 Å². The minimum atomic E-state index is -0.278. The topological polar surface area (TPSA) is 26.8 Å². The van der Waals surface area contributed by atoms with Gasteiger partial charge in [-0.05, 0) is 73.7 Å². The standard InChI is InChI=1S/C29H41F2N3O/c1-21(2)14-15-32(5)27(20-22(3)4)29(35)34-18-16-33(17-19-34)28(23-6-10-25(30)11-7-23)24-8-12-26(31)13-9-24/h6-13,21-22,27-28H,14-20H2,1-5H3/t27-/m0/s1. The molecule has 0 bridgehead atoms. The van der Waals surface area contributed by atoms with Gasteiger partial charge in [-0.1, -0.05) is 52.0 Å². The molecule has 2 aromatic carbocycles. The largest absolute Gasteiger partial charge is 0.339 e. The molecule has 35 heavy (non-hydrogen) atoms. The van der Waals surface area contributed by atoms with Crippen molar-refractivity contribution in [1.82, 2.24) is 14.7 Å². The lowest BCUT2D eigenvalue weighted by atomic mass is 9.96. The molecule has 192 valence electrons. The molecular formula is C29H41F2N3O. The quantitative estimate of drug-likeness (QED) is 0.439. The highest BCUT2D eigenvalue weighted by Crippen LogP contribution is 2.30. The Kier molecular flexibility index (Phi) is 9.81. The Balaban J connectivity index is 1.73. The van der Waals surface area contributed by atoms with Gasteiger partial charge >= 0.3 is 0 Å². The van der Waals surface area contributed by atoms with Gasteiger partial charge in [-0.25, -0.2) is 8.78 Å². The van der Waals surface area contributed by atoms with Crippen LogP contribution >= 0.6 is 0 Å². The fourth-order valence-corrected chi connectivity index (χ4v) is 4.85. The van der Waals surface area contributed by atoms with E-state index in [-0.39, 0.29) is 29.6 Å². The Bertz CT molecular complexity index is 876. The van der Waals surface area contributed by atoms with Gasteiger partial charge in [0.15, 0.2) is 0 Å². The summed E-state index contributed by atoms with van der Waals surface area (Å²) in [7, 11) is 2.07. The molecule has 0 N–H and O–H groups in total. The Labute approximate surface area is 209 Å². The van der Waals surface area contributed by atoms with Gasteiger partial charge in [0, 0.05) is 26.2 Å². The van der Waals surface area contributed by atoms with Gasteiger partial charge in [-0.15, -0.1) is 0 Å². The number of rotatable bonds is 10. The lowest BCUT2D eigenvalue weighted by Gasteiger charge is -2.42. The van der Waals surface area contributed by atoms with Crippen LogP contribution in [0.2, 0.25) is 0 Å². The van der Waals surface area contributed by atoms with Crippen molar-refractivity contribution < 1.29 is 13.6 Å². The average Bonchev–Trinajstić information content (AvgIpc) is 2.83. The second kappa shape index (κ2) is 12.6. The van der Waals surface area contributed by atoms with E-state index in [1.165, 1.54) is 24.3 Å². The first kappa shape index (κ1) is 27.3. The summed E-state index contributed by atoms with van der Waals surface area (Å²) in [5.41, 5.74) is 1.92. The van der Waals surface area contributed by atoms with Gasteiger partial charge in [0.1, 0.15) is 11.6 Å². The molecule has 0 aromatic heterocycles. The third kappa shape index (κ3) is 7.58. The maximum absolute atomic E-state index is 13.6. The second-order valence-electron chi connectivity index (χ2n) is 10.7. The number of halogens is 2. The second-order valence-corrected chi connectivity index (χ2v) is 10.7. The number of benzene rings is 2. The molecule has 1 fully saturated rings. The molecule has 0 radical (unpaired) electrons. The van der Waals surface area contributed by atoms with Crippen LogP contribution in [0.15, 0.2) is 48.5 Å². The van der Waals surface area contributed by atoms with Crippen molar-refractivity contribution in [3.05, 3.63) is 71.3 Å². The fourth-order valence-electron chi connectivity index (χ4n) is 4.85. The molecule has 3 rings (SSSR count). The van der Waals surface area contributed by atoms with Crippen LogP contribution < -0.4 is 0 Å². The molecule has 1 atom stereocenters. The van der Waals surface area contributed by atoms with E-state index in [1.807, 2.05) is 4.90 Å². The van der Waals surface area contributed by atoms with Gasteiger partial charge in [0.2, 0.25) is 5.91 Å². The molecule has 1 aliphatic rings. The SMILES string of the molecule is CC(C)CCN(C)[C@@H](CC(C)C)C(=O)N1CCN(C(c2ccc(F)cc2)c2ccc(F)cc2)CC1. The van der Waals surface area contributed by atoms with Gasteiger partial charge in [-0.3, -0.25) is 14.6 Å². The summed E-state index contributed by atoms with van der Waals surface area (Å²) in [5.74, 6) is 0.697. The highest BCUT2D eigenvalue weighted by atomic mass is 19.1. The molecule has 1 amide bonds. The molecule has 1 aliphatic heterocycles. The first-order valence-electron chi connectivity index (χ1n) is 12.9. The minimum absolute atomic E-state index is 0.106. The third-order valence-electron chi connectivity index (χ3n) is 6.93. The number of piperazine rings is 1. The number of carbonyl (C=O) groups is 1. The van der Waals surface area contributed by atoms with E-state index in [0.29, 0.717) is 38.0 Å². The van der Waals surface area contributed by atoms with Crippen LogP contribution in [0.3, 0.4) is 0 Å². The van der Waals surface area contributed by atoms with E-state index in [9.17, 15) is 13.6 Å². The zero-order valence-electron chi connectivity index (χ0n) is 21.9. The van der Waals surface area contributed by atoms with E-state index in [1.54, 1.807) is 24.3 Å². The van der Waals surface area contributed by atoms with Crippen molar-refractivity contribution in [2.75, 3.05) is 39.8 Å². The summed E-state index contributed by atoms with van der Waals surface area (Å²) in [6.07, 6.45) is 1.92. The Hall–Kier alpha value is -2.31. The average molecular weight is 486 g/mol. The predicted octanol–water partition coefficient (Wildman–Crippen LogP) is 5.59. The van der Waals surface area contributed by atoms with Gasteiger partial charge in [0.05, 0.1) is 12.1 Å². The Morgan fingerprint density at radius 3 is 1.74 bits per heavy atom. The lowest BCUT2D eigenvalue weighted by molar-refractivity contribution is -0.139. The Morgan fingerprint density at radius 1 is 0.829 bits per heavy atom. The zero-order chi connectivity index (χ0) is 25.5. The molecule has 0 unspecified atom stereocenters. The summed E-state index contributed by atoms with van der Waals surface area (Å²) in [6, 6.07) is 12.8. The maximum Gasteiger partial charge on any atom is 0.240 e. The number of nitrogens with zero attached hydrogens (tertiary/aromatic N) is 3. The molecule has 0 saturated carbocycles. The van der Waals surface area contributed by atoms with Crippen molar-refractivity contribution in [2.24, 2.45) is 11.8 Å². The normalized spacial score (nSPS) is 16.0. The molecule has 1 saturated heterocycles. The highest BCUT2D eigenvalue weighted by molar-refractivity contribution is 5.82. The summed E-state index contributed by atoms with van der Waals surface area (Å²) >= 11 is 0.